The molecule has 1 unspecified atom stereocenters. The summed E-state index contributed by atoms with van der Waals surface area (Å²) in [5, 5.41) is 7.00. The van der Waals surface area contributed by atoms with Gasteiger partial charge in [-0.25, -0.2) is 0 Å². The molecule has 0 aliphatic carbocycles. The van der Waals surface area contributed by atoms with E-state index < -0.39 is 0 Å². The van der Waals surface area contributed by atoms with Crippen molar-refractivity contribution in [3.05, 3.63) is 24.3 Å². The molecule has 1 aromatic carbocycles. The van der Waals surface area contributed by atoms with E-state index in [1.807, 2.05) is 38.1 Å². The normalized spacial score (nSPS) is 18.1. The summed E-state index contributed by atoms with van der Waals surface area (Å²) in [5.74, 6) is 1.58. The first-order valence-corrected chi connectivity index (χ1v) is 7.35. The number of piperidine rings is 1. The van der Waals surface area contributed by atoms with E-state index in [1.165, 1.54) is 19.4 Å². The Morgan fingerprint density at radius 1 is 1.25 bits per heavy atom. The molecule has 0 amide bonds. The number of likely N-dealkylation sites (tertiary alicyclic amines) is 1. The quantitative estimate of drug-likeness (QED) is 0.837. The molecule has 0 radical (unpaired) electrons. The highest BCUT2D eigenvalue weighted by Gasteiger charge is 2.17. The Bertz CT molecular complexity index is 328. The lowest BCUT2D eigenvalue weighted by molar-refractivity contribution is 0.150. The number of nitrogens with two attached hydrogens (primary N) is 1. The van der Waals surface area contributed by atoms with Crippen LogP contribution in [0.2, 0.25) is 0 Å². The van der Waals surface area contributed by atoms with E-state index >= 15 is 0 Å². The van der Waals surface area contributed by atoms with Gasteiger partial charge in [0.2, 0.25) is 0 Å². The van der Waals surface area contributed by atoms with Crippen LogP contribution in [-0.4, -0.2) is 43.9 Å². The van der Waals surface area contributed by atoms with Crippen molar-refractivity contribution < 1.29 is 9.84 Å². The lowest BCUT2D eigenvalue weighted by Gasteiger charge is -2.29. The first-order chi connectivity index (χ1) is 9.74. The van der Waals surface area contributed by atoms with Crippen LogP contribution in [0.15, 0.2) is 24.3 Å². The maximum Gasteiger partial charge on any atom is 0.119 e. The van der Waals surface area contributed by atoms with Crippen LogP contribution in [-0.2, 0) is 0 Å². The first-order valence-electron chi connectivity index (χ1n) is 7.35. The van der Waals surface area contributed by atoms with Crippen LogP contribution >= 0.6 is 0 Å². The average molecular weight is 282 g/mol. The summed E-state index contributed by atoms with van der Waals surface area (Å²) in [5.41, 5.74) is 6.40. The summed E-state index contributed by atoms with van der Waals surface area (Å²) in [6.07, 6.45) is 2.56. The van der Waals surface area contributed by atoms with Gasteiger partial charge in [0, 0.05) is 25.3 Å². The van der Waals surface area contributed by atoms with Crippen molar-refractivity contribution in [3.8, 4) is 5.75 Å². The zero-order valence-corrected chi connectivity index (χ0v) is 13.3. The molecule has 0 saturated carbocycles. The van der Waals surface area contributed by atoms with E-state index in [0.29, 0.717) is 5.92 Å². The zero-order chi connectivity index (χ0) is 15.4. The molecule has 1 aliphatic rings. The number of anilines is 1. The number of ether oxygens (including phenoxy) is 1. The molecule has 0 bridgehead atoms. The van der Waals surface area contributed by atoms with Gasteiger partial charge in [-0.15, -0.1) is 0 Å². The lowest BCUT2D eigenvalue weighted by atomic mass is 10.00. The van der Waals surface area contributed by atoms with Gasteiger partial charge in [0.25, 0.3) is 0 Å². The van der Waals surface area contributed by atoms with Crippen molar-refractivity contribution >= 4 is 5.69 Å². The number of hydrogen-bond acceptors (Lipinski definition) is 4. The molecule has 0 spiro atoms. The van der Waals surface area contributed by atoms with Crippen LogP contribution < -0.4 is 10.5 Å². The minimum absolute atomic E-state index is 0.663. The largest absolute Gasteiger partial charge is 0.493 e. The van der Waals surface area contributed by atoms with Gasteiger partial charge in [0.1, 0.15) is 5.75 Å². The minimum atomic E-state index is 0.663. The SMILES string of the molecule is CC.CN1CCCC(COc2ccc(N)cc2)C1.CO. The number of rotatable bonds is 3. The van der Waals surface area contributed by atoms with E-state index in [4.69, 9.17) is 15.6 Å². The molecule has 1 heterocycles. The Kier molecular flexibility index (Phi) is 10.8. The second kappa shape index (κ2) is 11.6. The van der Waals surface area contributed by atoms with Crippen molar-refractivity contribution in [2.75, 3.05) is 39.6 Å². The number of benzene rings is 1. The molecule has 4 nitrogen and oxygen atoms in total. The molecule has 2 rings (SSSR count). The summed E-state index contributed by atoms with van der Waals surface area (Å²) < 4.78 is 5.77. The fourth-order valence-corrected chi connectivity index (χ4v) is 2.19. The van der Waals surface area contributed by atoms with Crippen LogP contribution in [0.25, 0.3) is 0 Å². The molecular formula is C16H30N2O2. The van der Waals surface area contributed by atoms with Crippen LogP contribution in [0.3, 0.4) is 0 Å². The van der Waals surface area contributed by atoms with Crippen LogP contribution in [0.5, 0.6) is 5.75 Å². The summed E-state index contributed by atoms with van der Waals surface area (Å²) in [6, 6.07) is 7.62. The molecule has 1 fully saturated rings. The molecule has 1 saturated heterocycles. The van der Waals surface area contributed by atoms with Gasteiger partial charge in [0.15, 0.2) is 0 Å². The molecule has 1 aliphatic heterocycles. The summed E-state index contributed by atoms with van der Waals surface area (Å²) in [4.78, 5) is 2.38. The molecule has 20 heavy (non-hydrogen) atoms. The third kappa shape index (κ3) is 7.36. The van der Waals surface area contributed by atoms with E-state index in [9.17, 15) is 0 Å². The fourth-order valence-electron chi connectivity index (χ4n) is 2.19. The maximum atomic E-state index is 7.00. The Morgan fingerprint density at radius 3 is 2.40 bits per heavy atom. The smallest absolute Gasteiger partial charge is 0.119 e. The average Bonchev–Trinajstić information content (AvgIpc) is 2.51. The van der Waals surface area contributed by atoms with Gasteiger partial charge in [-0.05, 0) is 50.7 Å². The highest BCUT2D eigenvalue weighted by molar-refractivity contribution is 5.41. The number of aliphatic hydroxyl groups is 1. The molecule has 0 aromatic heterocycles. The number of nitrogens with zero attached hydrogens (tertiary/aromatic N) is 1. The fraction of sp³-hybridized carbons (Fsp3) is 0.625. The Balaban J connectivity index is 0.000000829. The van der Waals surface area contributed by atoms with Crippen LogP contribution in [0.4, 0.5) is 5.69 Å². The summed E-state index contributed by atoms with van der Waals surface area (Å²) in [7, 11) is 3.18. The predicted molar refractivity (Wildman–Crippen MR) is 86.1 cm³/mol. The Morgan fingerprint density at radius 2 is 1.85 bits per heavy atom. The van der Waals surface area contributed by atoms with Gasteiger partial charge in [0.05, 0.1) is 6.61 Å². The van der Waals surface area contributed by atoms with Gasteiger partial charge in [-0.2, -0.15) is 0 Å². The van der Waals surface area contributed by atoms with E-state index in [2.05, 4.69) is 11.9 Å². The molecule has 3 N–H and O–H groups in total. The number of nitrogen functional groups attached to an aromatic ring is 1. The minimum Gasteiger partial charge on any atom is -0.493 e. The molecule has 116 valence electrons. The number of hydrogen-bond donors (Lipinski definition) is 2. The van der Waals surface area contributed by atoms with Gasteiger partial charge in [-0.1, -0.05) is 13.8 Å². The van der Waals surface area contributed by atoms with Crippen LogP contribution in [0, 0.1) is 5.92 Å². The lowest BCUT2D eigenvalue weighted by Crippen LogP contribution is -2.34. The Hall–Kier alpha value is -1.26. The van der Waals surface area contributed by atoms with Crippen molar-refractivity contribution in [1.82, 2.24) is 4.90 Å². The highest BCUT2D eigenvalue weighted by Crippen LogP contribution is 2.18. The van der Waals surface area contributed by atoms with Gasteiger partial charge >= 0.3 is 0 Å². The monoisotopic (exact) mass is 282 g/mol. The second-order valence-electron chi connectivity index (χ2n) is 4.65. The maximum absolute atomic E-state index is 7.00. The van der Waals surface area contributed by atoms with E-state index in [-0.39, 0.29) is 0 Å². The standard InChI is InChI=1S/C13H20N2O.C2H6.CH4O/c1-15-8-2-3-11(9-15)10-16-13-6-4-12(14)5-7-13;2*1-2/h4-7,11H,2-3,8-10,14H2,1H3;1-2H3;2H,1H3. The second-order valence-corrected chi connectivity index (χ2v) is 4.65. The molecule has 1 aromatic rings. The summed E-state index contributed by atoms with van der Waals surface area (Å²) in [6.45, 7) is 7.18. The van der Waals surface area contributed by atoms with Crippen molar-refractivity contribution in [1.29, 1.82) is 0 Å². The van der Waals surface area contributed by atoms with E-state index in [0.717, 1.165) is 31.7 Å². The predicted octanol–water partition coefficient (Wildman–Crippen LogP) is 2.62. The van der Waals surface area contributed by atoms with Crippen LogP contribution in [0.1, 0.15) is 26.7 Å². The van der Waals surface area contributed by atoms with Crippen molar-refractivity contribution in [2.45, 2.75) is 26.7 Å². The molecule has 4 heteroatoms. The van der Waals surface area contributed by atoms with Crippen molar-refractivity contribution in [2.24, 2.45) is 5.92 Å². The Labute approximate surface area is 123 Å². The first kappa shape index (κ1) is 18.7. The van der Waals surface area contributed by atoms with Crippen molar-refractivity contribution in [3.63, 3.8) is 0 Å². The molecule has 1 atom stereocenters. The topological polar surface area (TPSA) is 58.7 Å². The highest BCUT2D eigenvalue weighted by atomic mass is 16.5. The van der Waals surface area contributed by atoms with Gasteiger partial charge in [-0.3, -0.25) is 0 Å². The molecular weight excluding hydrogens is 252 g/mol. The third-order valence-electron chi connectivity index (χ3n) is 3.09. The number of aliphatic hydroxyl groups excluding tert-OH is 1. The third-order valence-corrected chi connectivity index (χ3v) is 3.09. The van der Waals surface area contributed by atoms with Gasteiger partial charge < -0.3 is 20.5 Å². The zero-order valence-electron chi connectivity index (χ0n) is 13.3. The summed E-state index contributed by atoms with van der Waals surface area (Å²) >= 11 is 0. The van der Waals surface area contributed by atoms with E-state index in [1.54, 1.807) is 0 Å².